The molecular formula is C23H21IN2O2. The number of benzene rings is 3. The third kappa shape index (κ3) is 3.90. The molecule has 1 N–H and O–H groups in total. The van der Waals surface area contributed by atoms with Crippen LogP contribution < -0.4 is 5.32 Å². The fraction of sp³-hybridized carbons (Fsp3) is 0.217. The Morgan fingerprint density at radius 2 is 1.71 bits per heavy atom. The van der Waals surface area contributed by atoms with Crippen molar-refractivity contribution in [2.75, 3.05) is 18.4 Å². The van der Waals surface area contributed by atoms with Gasteiger partial charge in [-0.1, -0.05) is 48.5 Å². The van der Waals surface area contributed by atoms with Crippen LogP contribution in [0.3, 0.4) is 0 Å². The Hall–Kier alpha value is -2.41. The molecule has 1 fully saturated rings. The minimum Gasteiger partial charge on any atom is -0.338 e. The van der Waals surface area contributed by atoms with Gasteiger partial charge in [0, 0.05) is 22.2 Å². The van der Waals surface area contributed by atoms with Gasteiger partial charge in [0.05, 0.1) is 11.6 Å². The van der Waals surface area contributed by atoms with Crippen molar-refractivity contribution in [1.82, 2.24) is 4.90 Å². The Morgan fingerprint density at radius 1 is 0.964 bits per heavy atom. The van der Waals surface area contributed by atoms with E-state index in [9.17, 15) is 9.59 Å². The number of halogens is 1. The largest absolute Gasteiger partial charge is 0.338 e. The predicted molar refractivity (Wildman–Crippen MR) is 120 cm³/mol. The van der Waals surface area contributed by atoms with Gasteiger partial charge in [-0.2, -0.15) is 0 Å². The van der Waals surface area contributed by atoms with E-state index >= 15 is 0 Å². The maximum absolute atomic E-state index is 13.2. The zero-order chi connectivity index (χ0) is 19.5. The first-order chi connectivity index (χ1) is 13.6. The Morgan fingerprint density at radius 3 is 2.57 bits per heavy atom. The Bertz CT molecular complexity index is 1030. The average Bonchev–Trinajstić information content (AvgIpc) is 2.74. The molecule has 0 spiro atoms. The third-order valence-electron chi connectivity index (χ3n) is 5.23. The standard InChI is InChI=1S/C23H21IN2O2/c24-20-12-3-4-13-21(20)25-22(27)17-9-6-14-26(15-17)23(28)19-11-5-8-16-7-1-2-10-18(16)19/h1-5,7-8,10-13,17H,6,9,14-15H2,(H,25,27). The second kappa shape index (κ2) is 8.31. The summed E-state index contributed by atoms with van der Waals surface area (Å²) in [5, 5.41) is 5.04. The zero-order valence-corrected chi connectivity index (χ0v) is 17.6. The van der Waals surface area contributed by atoms with Crippen LogP contribution in [-0.2, 0) is 4.79 Å². The highest BCUT2D eigenvalue weighted by Crippen LogP contribution is 2.25. The molecule has 3 aromatic rings. The highest BCUT2D eigenvalue weighted by Gasteiger charge is 2.29. The molecule has 1 aliphatic heterocycles. The first-order valence-corrected chi connectivity index (χ1v) is 10.5. The number of carbonyl (C=O) groups is 2. The first kappa shape index (κ1) is 18.9. The summed E-state index contributed by atoms with van der Waals surface area (Å²) in [6.07, 6.45) is 1.63. The fourth-order valence-electron chi connectivity index (χ4n) is 3.76. The van der Waals surface area contributed by atoms with Crippen LogP contribution in [0.15, 0.2) is 66.7 Å². The molecule has 142 valence electrons. The molecule has 1 aliphatic rings. The molecule has 5 heteroatoms. The lowest BCUT2D eigenvalue weighted by Gasteiger charge is -2.32. The van der Waals surface area contributed by atoms with Crippen molar-refractivity contribution in [3.05, 3.63) is 75.9 Å². The SMILES string of the molecule is O=C(Nc1ccccc1I)C1CCCN(C(=O)c2cccc3ccccc23)C1. The number of hydrogen-bond donors (Lipinski definition) is 1. The van der Waals surface area contributed by atoms with Crippen LogP contribution >= 0.6 is 22.6 Å². The highest BCUT2D eigenvalue weighted by molar-refractivity contribution is 14.1. The van der Waals surface area contributed by atoms with Crippen LogP contribution in [0.4, 0.5) is 5.69 Å². The van der Waals surface area contributed by atoms with Crippen molar-refractivity contribution in [2.24, 2.45) is 5.92 Å². The van der Waals surface area contributed by atoms with Crippen molar-refractivity contribution in [3.8, 4) is 0 Å². The highest BCUT2D eigenvalue weighted by atomic mass is 127. The molecule has 28 heavy (non-hydrogen) atoms. The summed E-state index contributed by atoms with van der Waals surface area (Å²) in [5.41, 5.74) is 1.53. The summed E-state index contributed by atoms with van der Waals surface area (Å²) in [4.78, 5) is 27.8. The van der Waals surface area contributed by atoms with Crippen LogP contribution in [0.25, 0.3) is 10.8 Å². The van der Waals surface area contributed by atoms with Gasteiger partial charge in [0.15, 0.2) is 0 Å². The lowest BCUT2D eigenvalue weighted by Crippen LogP contribution is -2.43. The van der Waals surface area contributed by atoms with E-state index in [4.69, 9.17) is 0 Å². The molecular weight excluding hydrogens is 463 g/mol. The van der Waals surface area contributed by atoms with Gasteiger partial charge in [-0.15, -0.1) is 0 Å². The molecule has 0 bridgehead atoms. The zero-order valence-electron chi connectivity index (χ0n) is 15.4. The minimum atomic E-state index is -0.191. The number of hydrogen-bond acceptors (Lipinski definition) is 2. The van der Waals surface area contributed by atoms with E-state index in [1.807, 2.05) is 71.6 Å². The number of carbonyl (C=O) groups excluding carboxylic acids is 2. The molecule has 4 rings (SSSR count). The van der Waals surface area contributed by atoms with Crippen molar-refractivity contribution in [3.63, 3.8) is 0 Å². The average molecular weight is 484 g/mol. The Labute approximate surface area is 178 Å². The third-order valence-corrected chi connectivity index (χ3v) is 6.17. The number of para-hydroxylation sites is 1. The van der Waals surface area contributed by atoms with Crippen molar-refractivity contribution >= 4 is 50.9 Å². The van der Waals surface area contributed by atoms with Gasteiger partial charge in [-0.3, -0.25) is 9.59 Å². The predicted octanol–water partition coefficient (Wildman–Crippen LogP) is 4.94. The van der Waals surface area contributed by atoms with Gasteiger partial charge < -0.3 is 10.2 Å². The van der Waals surface area contributed by atoms with Gasteiger partial charge in [0.25, 0.3) is 5.91 Å². The lowest BCUT2D eigenvalue weighted by molar-refractivity contribution is -0.121. The number of piperidine rings is 1. The number of amides is 2. The molecule has 0 radical (unpaired) electrons. The second-order valence-electron chi connectivity index (χ2n) is 7.09. The molecule has 1 atom stereocenters. The van der Waals surface area contributed by atoms with E-state index in [1.165, 1.54) is 0 Å². The smallest absolute Gasteiger partial charge is 0.254 e. The number of likely N-dealkylation sites (tertiary alicyclic amines) is 1. The van der Waals surface area contributed by atoms with Gasteiger partial charge in [0.1, 0.15) is 0 Å². The number of anilines is 1. The summed E-state index contributed by atoms with van der Waals surface area (Å²) in [5.74, 6) is -0.202. The number of rotatable bonds is 3. The molecule has 4 nitrogen and oxygen atoms in total. The van der Waals surface area contributed by atoms with Crippen molar-refractivity contribution in [2.45, 2.75) is 12.8 Å². The summed E-state index contributed by atoms with van der Waals surface area (Å²) in [6, 6.07) is 21.5. The van der Waals surface area contributed by atoms with Crippen LogP contribution in [0.2, 0.25) is 0 Å². The van der Waals surface area contributed by atoms with E-state index in [0.717, 1.165) is 32.9 Å². The van der Waals surface area contributed by atoms with E-state index in [-0.39, 0.29) is 17.7 Å². The van der Waals surface area contributed by atoms with Crippen LogP contribution in [0, 0.1) is 9.49 Å². The molecule has 1 unspecified atom stereocenters. The van der Waals surface area contributed by atoms with E-state index < -0.39 is 0 Å². The quantitative estimate of drug-likeness (QED) is 0.536. The molecule has 2 amide bonds. The van der Waals surface area contributed by atoms with E-state index in [0.29, 0.717) is 18.7 Å². The number of nitrogens with one attached hydrogen (secondary N) is 1. The molecule has 1 saturated heterocycles. The molecule has 3 aromatic carbocycles. The number of fused-ring (bicyclic) bond motifs is 1. The monoisotopic (exact) mass is 484 g/mol. The van der Waals surface area contributed by atoms with Crippen LogP contribution in [0.5, 0.6) is 0 Å². The van der Waals surface area contributed by atoms with Crippen molar-refractivity contribution in [1.29, 1.82) is 0 Å². The summed E-state index contributed by atoms with van der Waals surface area (Å²) in [7, 11) is 0. The van der Waals surface area contributed by atoms with Gasteiger partial charge in [-0.25, -0.2) is 0 Å². The Kier molecular flexibility index (Phi) is 5.62. The van der Waals surface area contributed by atoms with Gasteiger partial charge >= 0.3 is 0 Å². The first-order valence-electron chi connectivity index (χ1n) is 9.46. The molecule has 1 heterocycles. The topological polar surface area (TPSA) is 49.4 Å². The maximum Gasteiger partial charge on any atom is 0.254 e. The Balaban J connectivity index is 1.51. The molecule has 0 saturated carbocycles. The van der Waals surface area contributed by atoms with E-state index in [1.54, 1.807) is 0 Å². The minimum absolute atomic E-state index is 0.00333. The van der Waals surface area contributed by atoms with Crippen molar-refractivity contribution < 1.29 is 9.59 Å². The van der Waals surface area contributed by atoms with Crippen LogP contribution in [-0.4, -0.2) is 29.8 Å². The lowest BCUT2D eigenvalue weighted by atomic mass is 9.95. The van der Waals surface area contributed by atoms with E-state index in [2.05, 4.69) is 27.9 Å². The van der Waals surface area contributed by atoms with Crippen LogP contribution in [0.1, 0.15) is 23.2 Å². The van der Waals surface area contributed by atoms with Gasteiger partial charge in [-0.05, 0) is 64.4 Å². The second-order valence-corrected chi connectivity index (χ2v) is 8.25. The summed E-state index contributed by atoms with van der Waals surface area (Å²) in [6.45, 7) is 1.14. The maximum atomic E-state index is 13.2. The normalized spacial score (nSPS) is 16.8. The molecule has 0 aromatic heterocycles. The number of nitrogens with zero attached hydrogens (tertiary/aromatic N) is 1. The summed E-state index contributed by atoms with van der Waals surface area (Å²) >= 11 is 2.22. The molecule has 0 aliphatic carbocycles. The fourth-order valence-corrected chi connectivity index (χ4v) is 4.28. The summed E-state index contributed by atoms with van der Waals surface area (Å²) < 4.78 is 1.01. The van der Waals surface area contributed by atoms with Gasteiger partial charge in [0.2, 0.25) is 5.91 Å².